The fraction of sp³-hybridized carbons (Fsp3) is 0.636. The highest BCUT2D eigenvalue weighted by molar-refractivity contribution is 6.04. The van der Waals surface area contributed by atoms with Gasteiger partial charge in [-0.15, -0.1) is 0 Å². The van der Waals surface area contributed by atoms with Crippen molar-refractivity contribution >= 4 is 11.9 Å². The largest absolute Gasteiger partial charge is 0.325 e. The van der Waals surface area contributed by atoms with Crippen LogP contribution in [0.15, 0.2) is 30.3 Å². The monoisotopic (exact) mass is 352 g/mol. The van der Waals surface area contributed by atoms with Crippen molar-refractivity contribution in [2.24, 2.45) is 29.6 Å². The first kappa shape index (κ1) is 16.3. The van der Waals surface area contributed by atoms with Gasteiger partial charge in [0.2, 0.25) is 0 Å². The van der Waals surface area contributed by atoms with Gasteiger partial charge in [-0.25, -0.2) is 4.79 Å². The van der Waals surface area contributed by atoms with Gasteiger partial charge >= 0.3 is 6.03 Å². The van der Waals surface area contributed by atoms with Gasteiger partial charge in [-0.05, 0) is 80.6 Å². The molecule has 1 saturated heterocycles. The second-order valence-electron chi connectivity index (χ2n) is 9.19. The Labute approximate surface area is 155 Å². The van der Waals surface area contributed by atoms with Crippen molar-refractivity contribution in [3.63, 3.8) is 0 Å². The van der Waals surface area contributed by atoms with Crippen LogP contribution in [0.2, 0.25) is 0 Å². The highest BCUT2D eigenvalue weighted by Crippen LogP contribution is 2.57. The predicted octanol–water partition coefficient (Wildman–Crippen LogP) is 4.13. The topological polar surface area (TPSA) is 49.4 Å². The average molecular weight is 352 g/mol. The van der Waals surface area contributed by atoms with E-state index in [1.54, 1.807) is 0 Å². The first-order valence-electron chi connectivity index (χ1n) is 10.3. The summed E-state index contributed by atoms with van der Waals surface area (Å²) in [7, 11) is 0. The molecule has 6 rings (SSSR count). The Morgan fingerprint density at radius 3 is 2.23 bits per heavy atom. The molecule has 3 amide bonds. The molecular weight excluding hydrogens is 324 g/mol. The predicted molar refractivity (Wildman–Crippen MR) is 99.2 cm³/mol. The molecule has 5 fully saturated rings. The van der Waals surface area contributed by atoms with Gasteiger partial charge in [0, 0.05) is 6.04 Å². The van der Waals surface area contributed by atoms with Crippen LogP contribution in [-0.2, 0) is 4.79 Å². The third-order valence-corrected chi connectivity index (χ3v) is 7.62. The van der Waals surface area contributed by atoms with E-state index in [4.69, 9.17) is 0 Å². The van der Waals surface area contributed by atoms with E-state index in [2.05, 4.69) is 12.2 Å². The summed E-state index contributed by atoms with van der Waals surface area (Å²) in [5, 5.41) is 2.55. The quantitative estimate of drug-likeness (QED) is 0.828. The average Bonchev–Trinajstić information content (AvgIpc) is 2.92. The fourth-order valence-corrected chi connectivity index (χ4v) is 6.81. The maximum atomic E-state index is 12.6. The summed E-state index contributed by atoms with van der Waals surface area (Å²) < 4.78 is 0. The first-order valence-corrected chi connectivity index (χ1v) is 10.3. The van der Waals surface area contributed by atoms with E-state index in [-0.39, 0.29) is 18.0 Å². The number of hydrogen-bond donors (Lipinski definition) is 1. The molecule has 1 heterocycles. The minimum absolute atomic E-state index is 0.0918. The SMILES string of the molecule is CC(CC1C2CC3CC(C2)CC1C3)N1C(=O)NC(=O)C1c1ccccc1. The Morgan fingerprint density at radius 2 is 1.62 bits per heavy atom. The molecule has 1 aromatic rings. The van der Waals surface area contributed by atoms with Crippen LogP contribution in [0.4, 0.5) is 4.79 Å². The van der Waals surface area contributed by atoms with Crippen LogP contribution < -0.4 is 5.32 Å². The second-order valence-corrected chi connectivity index (χ2v) is 9.19. The second kappa shape index (κ2) is 6.11. The molecule has 2 unspecified atom stereocenters. The number of rotatable bonds is 4. The lowest BCUT2D eigenvalue weighted by molar-refractivity contribution is -0.122. The molecule has 4 nitrogen and oxygen atoms in total. The molecule has 4 saturated carbocycles. The standard InChI is InChI=1S/C22H28N2O2/c1-13(7-19-17-9-14-8-15(11-17)12-18(19)10-14)24-20(21(25)23-22(24)26)16-5-3-2-4-6-16/h2-6,13-15,17-20H,7-12H2,1H3,(H,23,25,26). The van der Waals surface area contributed by atoms with Crippen molar-refractivity contribution in [1.29, 1.82) is 0 Å². The van der Waals surface area contributed by atoms with Crippen molar-refractivity contribution in [3.8, 4) is 0 Å². The zero-order chi connectivity index (χ0) is 17.8. The van der Waals surface area contributed by atoms with Gasteiger partial charge in [-0.3, -0.25) is 10.1 Å². The molecule has 1 aliphatic heterocycles. The minimum atomic E-state index is -0.476. The van der Waals surface area contributed by atoms with Crippen LogP contribution in [0, 0.1) is 29.6 Å². The number of hydrogen-bond acceptors (Lipinski definition) is 2. The van der Waals surface area contributed by atoms with Crippen LogP contribution in [-0.4, -0.2) is 22.9 Å². The summed E-state index contributed by atoms with van der Waals surface area (Å²) in [6, 6.07) is 9.11. The van der Waals surface area contributed by atoms with Gasteiger partial charge in [0.1, 0.15) is 6.04 Å². The molecule has 4 bridgehead atoms. The summed E-state index contributed by atoms with van der Waals surface area (Å²) in [6.45, 7) is 2.14. The smallest absolute Gasteiger partial charge is 0.306 e. The Bertz CT molecular complexity index is 688. The molecular formula is C22H28N2O2. The van der Waals surface area contributed by atoms with Gasteiger partial charge in [0.15, 0.2) is 0 Å². The Hall–Kier alpha value is -1.84. The maximum absolute atomic E-state index is 12.6. The molecule has 5 aliphatic rings. The van der Waals surface area contributed by atoms with Gasteiger partial charge in [0.25, 0.3) is 5.91 Å². The third-order valence-electron chi connectivity index (χ3n) is 7.62. The fourth-order valence-electron chi connectivity index (χ4n) is 6.81. The Balaban J connectivity index is 1.36. The molecule has 138 valence electrons. The van der Waals surface area contributed by atoms with E-state index >= 15 is 0 Å². The lowest BCUT2D eigenvalue weighted by Gasteiger charge is -2.55. The first-order chi connectivity index (χ1) is 12.6. The van der Waals surface area contributed by atoms with Crippen LogP contribution in [0.25, 0.3) is 0 Å². The molecule has 4 heteroatoms. The minimum Gasteiger partial charge on any atom is -0.306 e. The number of carbonyl (C=O) groups is 2. The van der Waals surface area contributed by atoms with E-state index in [1.807, 2.05) is 35.2 Å². The van der Waals surface area contributed by atoms with E-state index < -0.39 is 6.04 Å². The van der Waals surface area contributed by atoms with Gasteiger partial charge in [0.05, 0.1) is 0 Å². The van der Waals surface area contributed by atoms with E-state index in [0.29, 0.717) is 0 Å². The molecule has 4 aliphatic carbocycles. The van der Waals surface area contributed by atoms with Crippen LogP contribution >= 0.6 is 0 Å². The molecule has 1 aromatic carbocycles. The van der Waals surface area contributed by atoms with Gasteiger partial charge in [-0.1, -0.05) is 30.3 Å². The highest BCUT2D eigenvalue weighted by atomic mass is 16.2. The normalized spacial score (nSPS) is 39.3. The number of amides is 3. The Morgan fingerprint density at radius 1 is 1.00 bits per heavy atom. The molecule has 0 spiro atoms. The zero-order valence-electron chi connectivity index (χ0n) is 15.4. The number of carbonyl (C=O) groups excluding carboxylic acids is 2. The van der Waals surface area contributed by atoms with Crippen molar-refractivity contribution in [1.82, 2.24) is 10.2 Å². The third kappa shape index (κ3) is 2.57. The van der Waals surface area contributed by atoms with Gasteiger partial charge in [-0.2, -0.15) is 0 Å². The molecule has 26 heavy (non-hydrogen) atoms. The number of urea groups is 1. The summed E-state index contributed by atoms with van der Waals surface area (Å²) in [4.78, 5) is 26.8. The van der Waals surface area contributed by atoms with Crippen LogP contribution in [0.1, 0.15) is 57.1 Å². The van der Waals surface area contributed by atoms with Crippen molar-refractivity contribution in [3.05, 3.63) is 35.9 Å². The number of nitrogens with zero attached hydrogens (tertiary/aromatic N) is 1. The van der Waals surface area contributed by atoms with Gasteiger partial charge < -0.3 is 4.90 Å². The van der Waals surface area contributed by atoms with Crippen LogP contribution in [0.3, 0.4) is 0 Å². The lowest BCUT2D eigenvalue weighted by atomic mass is 9.51. The maximum Gasteiger partial charge on any atom is 0.325 e. The summed E-state index contributed by atoms with van der Waals surface area (Å²) in [5.74, 6) is 4.20. The number of nitrogens with one attached hydrogen (secondary N) is 1. The zero-order valence-corrected chi connectivity index (χ0v) is 15.4. The summed E-state index contributed by atoms with van der Waals surface area (Å²) in [6.07, 6.45) is 8.11. The highest BCUT2D eigenvalue weighted by Gasteiger charge is 2.50. The Kier molecular flexibility index (Phi) is 3.84. The van der Waals surface area contributed by atoms with Crippen molar-refractivity contribution in [2.45, 2.75) is 57.5 Å². The summed E-state index contributed by atoms with van der Waals surface area (Å²) in [5.41, 5.74) is 0.910. The number of imide groups is 1. The van der Waals surface area contributed by atoms with Crippen molar-refractivity contribution < 1.29 is 9.59 Å². The van der Waals surface area contributed by atoms with Crippen molar-refractivity contribution in [2.75, 3.05) is 0 Å². The van der Waals surface area contributed by atoms with Crippen LogP contribution in [0.5, 0.6) is 0 Å². The molecule has 0 radical (unpaired) electrons. The van der Waals surface area contributed by atoms with E-state index in [1.165, 1.54) is 32.1 Å². The lowest BCUT2D eigenvalue weighted by Crippen LogP contribution is -2.48. The number of benzene rings is 1. The molecule has 2 atom stereocenters. The molecule has 1 N–H and O–H groups in total. The van der Waals surface area contributed by atoms with E-state index in [9.17, 15) is 9.59 Å². The van der Waals surface area contributed by atoms with E-state index in [0.717, 1.165) is 41.6 Å². The molecule has 0 aromatic heterocycles. The summed E-state index contributed by atoms with van der Waals surface area (Å²) >= 11 is 0.